The second-order valence-corrected chi connectivity index (χ2v) is 5.22. The molecule has 1 atom stereocenters. The van der Waals surface area contributed by atoms with Gasteiger partial charge in [0, 0.05) is 37.8 Å². The standard InChI is InChI=1S/C15H23FN2O/c1-3-4-13(18-9-7-17-8-10-18)14-11(2)5-6-12(16)15(14)19/h5-6,13,17,19H,3-4,7-10H2,1-2H3/t13-/m0/s1. The lowest BCUT2D eigenvalue weighted by atomic mass is 9.94. The van der Waals surface area contributed by atoms with Gasteiger partial charge in [-0.05, 0) is 25.0 Å². The molecule has 3 nitrogen and oxygen atoms in total. The molecule has 19 heavy (non-hydrogen) atoms. The van der Waals surface area contributed by atoms with Gasteiger partial charge in [-0.25, -0.2) is 4.39 Å². The third-order valence-corrected chi connectivity index (χ3v) is 3.87. The fourth-order valence-corrected chi connectivity index (χ4v) is 2.88. The Hall–Kier alpha value is -1.13. The Labute approximate surface area is 114 Å². The Kier molecular flexibility index (Phi) is 4.77. The van der Waals surface area contributed by atoms with Crippen LogP contribution in [-0.2, 0) is 0 Å². The van der Waals surface area contributed by atoms with E-state index in [-0.39, 0.29) is 11.8 Å². The SMILES string of the molecule is CCC[C@@H](c1c(C)ccc(F)c1O)N1CCNCC1. The quantitative estimate of drug-likeness (QED) is 0.879. The van der Waals surface area contributed by atoms with Crippen molar-refractivity contribution in [2.45, 2.75) is 32.7 Å². The average Bonchev–Trinajstić information content (AvgIpc) is 2.43. The van der Waals surface area contributed by atoms with Gasteiger partial charge in [0.05, 0.1) is 0 Å². The van der Waals surface area contributed by atoms with Crippen LogP contribution >= 0.6 is 0 Å². The van der Waals surface area contributed by atoms with Gasteiger partial charge in [0.15, 0.2) is 11.6 Å². The molecule has 1 fully saturated rings. The van der Waals surface area contributed by atoms with Gasteiger partial charge in [-0.1, -0.05) is 19.4 Å². The summed E-state index contributed by atoms with van der Waals surface area (Å²) in [5.41, 5.74) is 1.74. The second-order valence-electron chi connectivity index (χ2n) is 5.22. The monoisotopic (exact) mass is 266 g/mol. The molecule has 2 N–H and O–H groups in total. The van der Waals surface area contributed by atoms with Crippen LogP contribution in [0.25, 0.3) is 0 Å². The maximum atomic E-state index is 13.6. The van der Waals surface area contributed by atoms with Crippen molar-refractivity contribution >= 4 is 0 Å². The summed E-state index contributed by atoms with van der Waals surface area (Å²) >= 11 is 0. The van der Waals surface area contributed by atoms with Crippen LogP contribution in [0.4, 0.5) is 4.39 Å². The van der Waals surface area contributed by atoms with Crippen LogP contribution in [0.1, 0.15) is 36.9 Å². The molecule has 2 rings (SSSR count). The lowest BCUT2D eigenvalue weighted by molar-refractivity contribution is 0.161. The first kappa shape index (κ1) is 14.3. The summed E-state index contributed by atoms with van der Waals surface area (Å²) in [7, 11) is 0. The number of rotatable bonds is 4. The minimum atomic E-state index is -0.517. The van der Waals surface area contributed by atoms with Gasteiger partial charge < -0.3 is 10.4 Å². The van der Waals surface area contributed by atoms with E-state index in [1.807, 2.05) is 6.92 Å². The second kappa shape index (κ2) is 6.35. The topological polar surface area (TPSA) is 35.5 Å². The zero-order chi connectivity index (χ0) is 13.8. The molecule has 0 aliphatic carbocycles. The van der Waals surface area contributed by atoms with E-state index in [1.165, 1.54) is 6.07 Å². The molecule has 1 aliphatic rings. The van der Waals surface area contributed by atoms with Crippen molar-refractivity contribution in [3.8, 4) is 5.75 Å². The Morgan fingerprint density at radius 3 is 2.68 bits per heavy atom. The van der Waals surface area contributed by atoms with Crippen molar-refractivity contribution in [2.24, 2.45) is 0 Å². The lowest BCUT2D eigenvalue weighted by Gasteiger charge is -2.36. The summed E-state index contributed by atoms with van der Waals surface area (Å²) < 4.78 is 13.6. The van der Waals surface area contributed by atoms with Crippen LogP contribution in [0.2, 0.25) is 0 Å². The average molecular weight is 266 g/mol. The number of phenols is 1. The number of hydrogen-bond acceptors (Lipinski definition) is 3. The van der Waals surface area contributed by atoms with Crippen LogP contribution in [0.15, 0.2) is 12.1 Å². The predicted octanol–water partition coefficient (Wildman–Crippen LogP) is 2.59. The Balaban J connectivity index is 2.35. The minimum Gasteiger partial charge on any atom is -0.505 e. The third kappa shape index (κ3) is 3.07. The number of nitrogens with zero attached hydrogens (tertiary/aromatic N) is 1. The highest BCUT2D eigenvalue weighted by atomic mass is 19.1. The fourth-order valence-electron chi connectivity index (χ4n) is 2.88. The highest BCUT2D eigenvalue weighted by Crippen LogP contribution is 2.36. The number of nitrogens with one attached hydrogen (secondary N) is 1. The van der Waals surface area contributed by atoms with E-state index >= 15 is 0 Å². The van der Waals surface area contributed by atoms with Crippen LogP contribution in [0.5, 0.6) is 5.75 Å². The van der Waals surface area contributed by atoms with Crippen molar-refractivity contribution in [3.05, 3.63) is 29.1 Å². The van der Waals surface area contributed by atoms with E-state index in [2.05, 4.69) is 17.1 Å². The minimum absolute atomic E-state index is 0.114. The molecule has 0 saturated carbocycles. The van der Waals surface area contributed by atoms with Crippen molar-refractivity contribution in [1.82, 2.24) is 10.2 Å². The van der Waals surface area contributed by atoms with E-state index in [0.717, 1.165) is 50.1 Å². The fraction of sp³-hybridized carbons (Fsp3) is 0.600. The lowest BCUT2D eigenvalue weighted by Crippen LogP contribution is -2.45. The largest absolute Gasteiger partial charge is 0.505 e. The van der Waals surface area contributed by atoms with E-state index < -0.39 is 5.82 Å². The van der Waals surface area contributed by atoms with E-state index in [9.17, 15) is 9.50 Å². The van der Waals surface area contributed by atoms with E-state index in [4.69, 9.17) is 0 Å². The van der Waals surface area contributed by atoms with Gasteiger partial charge in [-0.3, -0.25) is 4.90 Å². The van der Waals surface area contributed by atoms with Crippen LogP contribution in [0, 0.1) is 12.7 Å². The summed E-state index contributed by atoms with van der Waals surface area (Å²) in [4.78, 5) is 2.35. The zero-order valence-corrected chi connectivity index (χ0v) is 11.7. The molecule has 1 heterocycles. The zero-order valence-electron chi connectivity index (χ0n) is 11.7. The normalized spacial score (nSPS) is 18.5. The van der Waals surface area contributed by atoms with Crippen LogP contribution in [-0.4, -0.2) is 36.2 Å². The van der Waals surface area contributed by atoms with Gasteiger partial charge >= 0.3 is 0 Å². The van der Waals surface area contributed by atoms with Crippen LogP contribution in [0.3, 0.4) is 0 Å². The number of benzene rings is 1. The van der Waals surface area contributed by atoms with Crippen molar-refractivity contribution in [3.63, 3.8) is 0 Å². The van der Waals surface area contributed by atoms with Crippen LogP contribution < -0.4 is 5.32 Å². The number of halogens is 1. The number of phenolic OH excluding ortho intramolecular Hbond substituents is 1. The molecule has 4 heteroatoms. The van der Waals surface area contributed by atoms with E-state index in [1.54, 1.807) is 6.07 Å². The number of aryl methyl sites for hydroxylation is 1. The van der Waals surface area contributed by atoms with Crippen molar-refractivity contribution in [2.75, 3.05) is 26.2 Å². The molecule has 0 aromatic heterocycles. The highest BCUT2D eigenvalue weighted by molar-refractivity contribution is 5.42. The Morgan fingerprint density at radius 1 is 1.37 bits per heavy atom. The smallest absolute Gasteiger partial charge is 0.165 e. The Bertz CT molecular complexity index is 430. The molecule has 1 aromatic carbocycles. The molecular formula is C15H23FN2O. The summed E-state index contributed by atoms with van der Waals surface area (Å²) in [6, 6.07) is 3.22. The number of hydrogen-bond donors (Lipinski definition) is 2. The van der Waals surface area contributed by atoms with Crippen molar-refractivity contribution in [1.29, 1.82) is 0 Å². The van der Waals surface area contributed by atoms with E-state index in [0.29, 0.717) is 0 Å². The molecule has 0 bridgehead atoms. The maximum Gasteiger partial charge on any atom is 0.165 e. The van der Waals surface area contributed by atoms with Gasteiger partial charge in [-0.15, -0.1) is 0 Å². The molecule has 1 aliphatic heterocycles. The highest BCUT2D eigenvalue weighted by Gasteiger charge is 2.26. The maximum absolute atomic E-state index is 13.6. The first-order valence-corrected chi connectivity index (χ1v) is 7.08. The van der Waals surface area contributed by atoms with Gasteiger partial charge in [0.25, 0.3) is 0 Å². The molecule has 1 saturated heterocycles. The third-order valence-electron chi connectivity index (χ3n) is 3.87. The molecule has 0 spiro atoms. The number of piperazine rings is 1. The summed E-state index contributed by atoms with van der Waals surface area (Å²) in [5.74, 6) is -0.686. The van der Waals surface area contributed by atoms with Gasteiger partial charge in [0.2, 0.25) is 0 Å². The Morgan fingerprint density at radius 2 is 2.05 bits per heavy atom. The first-order chi connectivity index (χ1) is 9.15. The summed E-state index contributed by atoms with van der Waals surface area (Å²) in [6.45, 7) is 7.87. The molecule has 0 amide bonds. The first-order valence-electron chi connectivity index (χ1n) is 7.08. The predicted molar refractivity (Wildman–Crippen MR) is 74.9 cm³/mol. The molecular weight excluding hydrogens is 243 g/mol. The summed E-state index contributed by atoms with van der Waals surface area (Å²) in [6.07, 6.45) is 1.96. The number of aromatic hydroxyl groups is 1. The van der Waals surface area contributed by atoms with Gasteiger partial charge in [0.1, 0.15) is 0 Å². The molecule has 0 radical (unpaired) electrons. The van der Waals surface area contributed by atoms with Gasteiger partial charge in [-0.2, -0.15) is 0 Å². The molecule has 1 aromatic rings. The molecule has 106 valence electrons. The van der Waals surface area contributed by atoms with Crippen molar-refractivity contribution < 1.29 is 9.50 Å². The molecule has 0 unspecified atom stereocenters. The summed E-state index contributed by atoms with van der Waals surface area (Å²) in [5, 5.41) is 13.4.